The normalized spacial score (nSPS) is 23.7. The van der Waals surface area contributed by atoms with E-state index in [0.29, 0.717) is 43.3 Å². The Bertz CT molecular complexity index is 1420. The van der Waals surface area contributed by atoms with Gasteiger partial charge in [-0.25, -0.2) is 14.8 Å². The molecule has 3 aromatic rings. The second kappa shape index (κ2) is 10.5. The highest BCUT2D eigenvalue weighted by atomic mass is 19.4. The van der Waals surface area contributed by atoms with Crippen molar-refractivity contribution >= 4 is 28.5 Å². The first-order valence-electron chi connectivity index (χ1n) is 13.2. The summed E-state index contributed by atoms with van der Waals surface area (Å²) >= 11 is 0. The largest absolute Gasteiger partial charge is 0.489 e. The van der Waals surface area contributed by atoms with E-state index >= 15 is 0 Å². The molecule has 13 heteroatoms. The molecule has 1 atom stereocenters. The summed E-state index contributed by atoms with van der Waals surface area (Å²) in [7, 11) is 0. The molecule has 3 fully saturated rings. The quantitative estimate of drug-likeness (QED) is 0.455. The molecule has 210 valence electrons. The van der Waals surface area contributed by atoms with Gasteiger partial charge in [-0.05, 0) is 56.8 Å². The van der Waals surface area contributed by atoms with Crippen molar-refractivity contribution in [3.63, 3.8) is 0 Å². The number of hydrogen-bond donors (Lipinski definition) is 1. The van der Waals surface area contributed by atoms with Crippen LogP contribution in [0.1, 0.15) is 37.7 Å². The number of imide groups is 1. The highest BCUT2D eigenvalue weighted by molar-refractivity contribution is 6.12. The molecule has 6 rings (SSSR count). The lowest BCUT2D eigenvalue weighted by molar-refractivity contribution is -0.137. The fourth-order valence-corrected chi connectivity index (χ4v) is 5.49. The Morgan fingerprint density at radius 3 is 2.52 bits per heavy atom. The number of halogens is 3. The number of fused-ring (bicyclic) bond motifs is 1. The van der Waals surface area contributed by atoms with Crippen LogP contribution < -0.4 is 19.7 Å². The zero-order valence-corrected chi connectivity index (χ0v) is 21.4. The summed E-state index contributed by atoms with van der Waals surface area (Å²) in [5.41, 5.74) is -0.329. The van der Waals surface area contributed by atoms with Crippen molar-refractivity contribution in [2.45, 2.75) is 56.5 Å². The van der Waals surface area contributed by atoms with Crippen LogP contribution in [0.2, 0.25) is 0 Å². The number of nitrogens with zero attached hydrogens (tertiary/aromatic N) is 5. The average Bonchev–Trinajstić information content (AvgIpc) is 3.56. The van der Waals surface area contributed by atoms with Gasteiger partial charge in [0, 0.05) is 24.8 Å². The average molecular weight is 557 g/mol. The van der Waals surface area contributed by atoms with Crippen LogP contribution in [-0.4, -0.2) is 69.7 Å². The van der Waals surface area contributed by atoms with Gasteiger partial charge in [-0.15, -0.1) is 0 Å². The van der Waals surface area contributed by atoms with Gasteiger partial charge in [0.25, 0.3) is 5.91 Å². The third kappa shape index (κ3) is 5.25. The SMILES string of the molecule is O=C1CN(c2cncc(C(F)(F)F)c2)C(=O)N1C1CCC(Oc2ncnc3cc(OC4CCNC4)ccc23)CC1. The molecule has 1 aromatic carbocycles. The molecule has 2 saturated heterocycles. The number of ether oxygens (including phenoxy) is 2. The van der Waals surface area contributed by atoms with Gasteiger partial charge in [0.2, 0.25) is 5.88 Å². The first kappa shape index (κ1) is 26.2. The van der Waals surface area contributed by atoms with E-state index in [4.69, 9.17) is 9.47 Å². The van der Waals surface area contributed by atoms with E-state index < -0.39 is 23.7 Å². The second-order valence-electron chi connectivity index (χ2n) is 10.2. The van der Waals surface area contributed by atoms with Crippen LogP contribution in [0.4, 0.5) is 23.7 Å². The van der Waals surface area contributed by atoms with E-state index in [-0.39, 0.29) is 30.5 Å². The molecular weight excluding hydrogens is 529 g/mol. The summed E-state index contributed by atoms with van der Waals surface area (Å²) in [5.74, 6) is 0.750. The van der Waals surface area contributed by atoms with Crippen LogP contribution in [0, 0.1) is 0 Å². The predicted octanol–water partition coefficient (Wildman–Crippen LogP) is 3.94. The zero-order valence-electron chi connectivity index (χ0n) is 21.4. The van der Waals surface area contributed by atoms with E-state index in [0.717, 1.165) is 52.7 Å². The number of hydrogen-bond acceptors (Lipinski definition) is 8. The Morgan fingerprint density at radius 1 is 0.950 bits per heavy atom. The molecule has 3 aliphatic rings. The number of carbonyl (C=O) groups is 2. The van der Waals surface area contributed by atoms with Gasteiger partial charge in [-0.3, -0.25) is 19.6 Å². The minimum atomic E-state index is -4.61. The number of benzene rings is 1. The summed E-state index contributed by atoms with van der Waals surface area (Å²) in [4.78, 5) is 40.4. The van der Waals surface area contributed by atoms with Crippen LogP contribution in [0.15, 0.2) is 43.0 Å². The van der Waals surface area contributed by atoms with Crippen LogP contribution in [-0.2, 0) is 11.0 Å². The van der Waals surface area contributed by atoms with E-state index in [1.165, 1.54) is 6.33 Å². The second-order valence-corrected chi connectivity index (χ2v) is 10.2. The van der Waals surface area contributed by atoms with Crippen LogP contribution in [0.3, 0.4) is 0 Å². The summed E-state index contributed by atoms with van der Waals surface area (Å²) in [6, 6.07) is 5.46. The molecule has 3 amide bonds. The predicted molar refractivity (Wildman–Crippen MR) is 137 cm³/mol. The Balaban J connectivity index is 1.09. The van der Waals surface area contributed by atoms with Gasteiger partial charge < -0.3 is 14.8 Å². The smallest absolute Gasteiger partial charge is 0.417 e. The van der Waals surface area contributed by atoms with Crippen molar-refractivity contribution in [2.24, 2.45) is 0 Å². The monoisotopic (exact) mass is 556 g/mol. The number of aromatic nitrogens is 3. The lowest BCUT2D eigenvalue weighted by Gasteiger charge is -2.33. The molecule has 1 aliphatic carbocycles. The molecule has 2 aliphatic heterocycles. The minimum Gasteiger partial charge on any atom is -0.489 e. The molecule has 0 spiro atoms. The third-order valence-electron chi connectivity index (χ3n) is 7.54. The number of alkyl halides is 3. The number of amides is 3. The molecule has 1 saturated carbocycles. The summed E-state index contributed by atoms with van der Waals surface area (Å²) < 4.78 is 51.6. The number of urea groups is 1. The van der Waals surface area contributed by atoms with Gasteiger partial charge in [0.05, 0.1) is 28.4 Å². The van der Waals surface area contributed by atoms with Crippen molar-refractivity contribution in [1.82, 2.24) is 25.2 Å². The molecule has 40 heavy (non-hydrogen) atoms. The van der Waals surface area contributed by atoms with Gasteiger partial charge in [-0.2, -0.15) is 13.2 Å². The Labute approximate surface area is 227 Å². The van der Waals surface area contributed by atoms with E-state index in [1.54, 1.807) is 0 Å². The van der Waals surface area contributed by atoms with Crippen LogP contribution in [0.25, 0.3) is 10.9 Å². The summed E-state index contributed by atoms with van der Waals surface area (Å²) in [6.07, 6.45) is 1.76. The van der Waals surface area contributed by atoms with E-state index in [1.807, 2.05) is 18.2 Å². The Hall–Kier alpha value is -4.00. The Morgan fingerprint density at radius 2 is 1.77 bits per heavy atom. The maximum Gasteiger partial charge on any atom is 0.417 e. The van der Waals surface area contributed by atoms with Crippen molar-refractivity contribution in [1.29, 1.82) is 0 Å². The topological polar surface area (TPSA) is 110 Å². The molecule has 0 bridgehead atoms. The fraction of sp³-hybridized carbons (Fsp3) is 0.444. The molecule has 1 unspecified atom stereocenters. The summed E-state index contributed by atoms with van der Waals surface area (Å²) in [6.45, 7) is 1.42. The summed E-state index contributed by atoms with van der Waals surface area (Å²) in [5, 5.41) is 4.03. The minimum absolute atomic E-state index is 0.0585. The standard InChI is InChI=1S/C27H27F3N6O4/c28-27(29,30)16-9-18(12-32-11-16)35-14-24(37)36(26(35)38)17-1-3-19(4-2-17)40-25-22-6-5-20(10-23(22)33-15-34-25)39-21-7-8-31-13-21/h5-6,9-12,15,17,19,21,31H,1-4,7-8,13-14H2. The molecule has 10 nitrogen and oxygen atoms in total. The van der Waals surface area contributed by atoms with E-state index in [9.17, 15) is 22.8 Å². The maximum atomic E-state index is 13.1. The molecule has 0 radical (unpaired) electrons. The van der Waals surface area contributed by atoms with E-state index in [2.05, 4.69) is 20.3 Å². The highest BCUT2D eigenvalue weighted by Crippen LogP contribution is 2.35. The lowest BCUT2D eigenvalue weighted by atomic mass is 9.92. The number of carbonyl (C=O) groups excluding carboxylic acids is 2. The van der Waals surface area contributed by atoms with Gasteiger partial charge in [0.15, 0.2) is 0 Å². The first-order valence-corrected chi connectivity index (χ1v) is 13.2. The molecule has 1 N–H and O–H groups in total. The number of anilines is 1. The van der Waals surface area contributed by atoms with Crippen molar-refractivity contribution in [3.05, 3.63) is 48.5 Å². The molecular formula is C27H27F3N6O4. The first-order chi connectivity index (χ1) is 19.3. The maximum absolute atomic E-state index is 13.1. The molecule has 4 heterocycles. The van der Waals surface area contributed by atoms with Crippen molar-refractivity contribution in [3.8, 4) is 11.6 Å². The van der Waals surface area contributed by atoms with Gasteiger partial charge >= 0.3 is 12.2 Å². The zero-order chi connectivity index (χ0) is 27.9. The molecule has 2 aromatic heterocycles. The van der Waals surface area contributed by atoms with Crippen molar-refractivity contribution < 1.29 is 32.2 Å². The lowest BCUT2D eigenvalue weighted by Crippen LogP contribution is -2.44. The van der Waals surface area contributed by atoms with Crippen LogP contribution >= 0.6 is 0 Å². The number of nitrogens with one attached hydrogen (secondary N) is 1. The highest BCUT2D eigenvalue weighted by Gasteiger charge is 2.43. The third-order valence-corrected chi connectivity index (χ3v) is 7.54. The van der Waals surface area contributed by atoms with Crippen molar-refractivity contribution in [2.75, 3.05) is 24.5 Å². The fourth-order valence-electron chi connectivity index (χ4n) is 5.49. The Kier molecular flexibility index (Phi) is 6.90. The number of rotatable bonds is 6. The number of pyridine rings is 1. The van der Waals surface area contributed by atoms with Gasteiger partial charge in [-0.1, -0.05) is 0 Å². The van der Waals surface area contributed by atoms with Crippen LogP contribution in [0.5, 0.6) is 11.6 Å². The van der Waals surface area contributed by atoms with Gasteiger partial charge in [0.1, 0.15) is 30.8 Å².